The Kier molecular flexibility index (Phi) is 6.51. The number of aromatic nitrogens is 3. The molecule has 174 valence electrons. The highest BCUT2D eigenvalue weighted by molar-refractivity contribution is 7.89. The molecule has 1 N–H and O–H groups in total. The lowest BCUT2D eigenvalue weighted by Crippen LogP contribution is -2.32. The Bertz CT molecular complexity index is 1360. The van der Waals surface area contributed by atoms with E-state index in [9.17, 15) is 13.2 Å². The minimum absolute atomic E-state index is 0.0392. The van der Waals surface area contributed by atoms with Gasteiger partial charge in [-0.3, -0.25) is 14.5 Å². The number of fused-ring (bicyclic) bond motifs is 1. The van der Waals surface area contributed by atoms with Gasteiger partial charge in [0.05, 0.1) is 4.90 Å². The molecule has 0 fully saturated rings. The predicted molar refractivity (Wildman–Crippen MR) is 130 cm³/mol. The van der Waals surface area contributed by atoms with Gasteiger partial charge in [-0.15, -0.1) is 0 Å². The maximum Gasteiger partial charge on any atom is 0.247 e. The molecule has 2 heterocycles. The zero-order valence-corrected chi connectivity index (χ0v) is 20.5. The van der Waals surface area contributed by atoms with Gasteiger partial charge in [0.1, 0.15) is 6.54 Å². The van der Waals surface area contributed by atoms with Crippen molar-refractivity contribution < 1.29 is 13.2 Å². The average Bonchev–Trinajstić information content (AvgIpc) is 3.37. The second-order valence-corrected chi connectivity index (χ2v) is 10.3. The average molecular weight is 486 g/mol. The second kappa shape index (κ2) is 9.20. The van der Waals surface area contributed by atoms with Gasteiger partial charge in [-0.25, -0.2) is 8.42 Å². The summed E-state index contributed by atoms with van der Waals surface area (Å²) in [6, 6.07) is 12.9. The minimum atomic E-state index is -3.55. The van der Waals surface area contributed by atoms with Gasteiger partial charge in [0.2, 0.25) is 15.9 Å². The van der Waals surface area contributed by atoms with Gasteiger partial charge in [-0.1, -0.05) is 37.6 Å². The van der Waals surface area contributed by atoms with Crippen molar-refractivity contribution in [1.82, 2.24) is 19.1 Å². The number of benzene rings is 2. The van der Waals surface area contributed by atoms with Gasteiger partial charge in [0.25, 0.3) is 0 Å². The van der Waals surface area contributed by atoms with E-state index in [1.807, 2.05) is 45.0 Å². The van der Waals surface area contributed by atoms with Crippen LogP contribution >= 0.6 is 12.2 Å². The van der Waals surface area contributed by atoms with Crippen molar-refractivity contribution >= 4 is 33.8 Å². The highest BCUT2D eigenvalue weighted by Gasteiger charge is 2.29. The van der Waals surface area contributed by atoms with E-state index in [1.165, 1.54) is 4.31 Å². The van der Waals surface area contributed by atoms with E-state index in [-0.39, 0.29) is 17.3 Å². The number of hydrogen-bond donors (Lipinski definition) is 1. The monoisotopic (exact) mass is 485 g/mol. The Balaban J connectivity index is 1.60. The number of aryl methyl sites for hydroxylation is 1. The molecule has 10 heteroatoms. The van der Waals surface area contributed by atoms with Crippen LogP contribution in [-0.2, 0) is 27.8 Å². The maximum atomic E-state index is 13.3. The number of aromatic amines is 1. The Labute approximate surface area is 198 Å². The van der Waals surface area contributed by atoms with Crippen LogP contribution in [0.1, 0.15) is 25.0 Å². The number of nitrogens with one attached hydrogen (secondary N) is 1. The molecule has 0 aliphatic carbocycles. The summed E-state index contributed by atoms with van der Waals surface area (Å²) in [5.74, 6) is 0.483. The van der Waals surface area contributed by atoms with Crippen LogP contribution in [0.15, 0.2) is 47.4 Å². The molecule has 1 aromatic heterocycles. The van der Waals surface area contributed by atoms with Crippen molar-refractivity contribution in [2.75, 3.05) is 24.5 Å². The Morgan fingerprint density at radius 2 is 1.94 bits per heavy atom. The predicted octanol–water partition coefficient (Wildman–Crippen LogP) is 3.54. The summed E-state index contributed by atoms with van der Waals surface area (Å²) in [7, 11) is -3.55. The molecule has 0 bridgehead atoms. The summed E-state index contributed by atoms with van der Waals surface area (Å²) >= 11 is 5.38. The fraction of sp³-hybridized carbons (Fsp3) is 0.348. The second-order valence-electron chi connectivity index (χ2n) is 7.98. The zero-order chi connectivity index (χ0) is 23.8. The van der Waals surface area contributed by atoms with Crippen LogP contribution < -0.4 is 4.90 Å². The van der Waals surface area contributed by atoms with E-state index >= 15 is 0 Å². The Morgan fingerprint density at radius 1 is 1.18 bits per heavy atom. The van der Waals surface area contributed by atoms with Gasteiger partial charge in [-0.2, -0.15) is 9.40 Å². The molecule has 4 rings (SSSR count). The first-order valence-electron chi connectivity index (χ1n) is 10.9. The summed E-state index contributed by atoms with van der Waals surface area (Å²) in [5, 5.41) is 7.12. The normalized spacial score (nSPS) is 13.5. The standard InChI is InChI=1S/C23H27N5O3S2/c1-4-26(5-2)33(30,31)19-9-10-20-17(14-19)11-12-27(20)21(29)15-28-22(24-25-23(28)32)18-8-6-7-16(3)13-18/h6-10,13-14H,4-5,11-12,15H2,1-3H3,(H,25,32). The van der Waals surface area contributed by atoms with Crippen molar-refractivity contribution in [3.8, 4) is 11.4 Å². The number of hydrogen-bond acceptors (Lipinski definition) is 5. The zero-order valence-electron chi connectivity index (χ0n) is 18.9. The maximum absolute atomic E-state index is 13.3. The van der Waals surface area contributed by atoms with Crippen molar-refractivity contribution in [3.63, 3.8) is 0 Å². The quantitative estimate of drug-likeness (QED) is 0.517. The molecule has 8 nitrogen and oxygen atoms in total. The molecule has 0 unspecified atom stereocenters. The number of carbonyl (C=O) groups is 1. The van der Waals surface area contributed by atoms with Gasteiger partial charge >= 0.3 is 0 Å². The van der Waals surface area contributed by atoms with Crippen molar-refractivity contribution in [1.29, 1.82) is 0 Å². The van der Waals surface area contributed by atoms with Crippen LogP contribution in [0, 0.1) is 11.7 Å². The summed E-state index contributed by atoms with van der Waals surface area (Å²) < 4.78 is 29.3. The smallest absolute Gasteiger partial charge is 0.247 e. The summed E-state index contributed by atoms with van der Waals surface area (Å²) in [5.41, 5.74) is 3.56. The number of sulfonamides is 1. The van der Waals surface area contributed by atoms with Crippen LogP contribution in [0.3, 0.4) is 0 Å². The fourth-order valence-electron chi connectivity index (χ4n) is 4.20. The molecular formula is C23H27N5O3S2. The molecule has 0 saturated heterocycles. The number of anilines is 1. The van der Waals surface area contributed by atoms with Crippen molar-refractivity contribution in [2.24, 2.45) is 0 Å². The molecule has 3 aromatic rings. The molecule has 0 atom stereocenters. The Hall–Kier alpha value is -2.82. The van der Waals surface area contributed by atoms with Gasteiger partial charge in [0, 0.05) is 30.9 Å². The first-order valence-corrected chi connectivity index (χ1v) is 12.8. The summed E-state index contributed by atoms with van der Waals surface area (Å²) in [6.07, 6.45) is 0.601. The number of carbonyl (C=O) groups excluding carboxylic acids is 1. The lowest BCUT2D eigenvalue weighted by molar-refractivity contribution is -0.119. The van der Waals surface area contributed by atoms with E-state index in [4.69, 9.17) is 12.2 Å². The molecule has 1 amide bonds. The van der Waals surface area contributed by atoms with Gasteiger partial charge in [-0.05, 0) is 55.4 Å². The molecule has 1 aliphatic heterocycles. The minimum Gasteiger partial charge on any atom is -0.310 e. The molecule has 1 aliphatic rings. The van der Waals surface area contributed by atoms with E-state index in [0.29, 0.717) is 36.7 Å². The molecule has 33 heavy (non-hydrogen) atoms. The number of nitrogens with zero attached hydrogens (tertiary/aromatic N) is 4. The van der Waals surface area contributed by atoms with Gasteiger partial charge in [0.15, 0.2) is 10.6 Å². The third-order valence-corrected chi connectivity index (χ3v) is 8.28. The number of amides is 1. The van der Waals surface area contributed by atoms with E-state index in [2.05, 4.69) is 10.2 Å². The number of rotatable bonds is 7. The van der Waals surface area contributed by atoms with Crippen LogP contribution in [0.4, 0.5) is 5.69 Å². The van der Waals surface area contributed by atoms with E-state index in [0.717, 1.165) is 22.4 Å². The first-order chi connectivity index (χ1) is 15.8. The van der Waals surface area contributed by atoms with Crippen LogP contribution in [0.25, 0.3) is 11.4 Å². The molecule has 2 aromatic carbocycles. The molecule has 0 spiro atoms. The largest absolute Gasteiger partial charge is 0.310 e. The lowest BCUT2D eigenvalue weighted by atomic mass is 10.1. The van der Waals surface area contributed by atoms with Crippen LogP contribution in [0.5, 0.6) is 0 Å². The molecule has 0 radical (unpaired) electrons. The molecular weight excluding hydrogens is 458 g/mol. The van der Waals surface area contributed by atoms with Crippen molar-refractivity contribution in [3.05, 3.63) is 58.4 Å². The Morgan fingerprint density at radius 3 is 2.64 bits per heavy atom. The topological polar surface area (TPSA) is 91.3 Å². The summed E-state index contributed by atoms with van der Waals surface area (Å²) in [6.45, 7) is 6.99. The van der Waals surface area contributed by atoms with Crippen LogP contribution in [0.2, 0.25) is 0 Å². The fourth-order valence-corrected chi connectivity index (χ4v) is 5.91. The highest BCUT2D eigenvalue weighted by atomic mass is 32.2. The van der Waals surface area contributed by atoms with E-state index in [1.54, 1.807) is 27.7 Å². The third-order valence-electron chi connectivity index (χ3n) is 5.92. The summed E-state index contributed by atoms with van der Waals surface area (Å²) in [4.78, 5) is 15.2. The van der Waals surface area contributed by atoms with E-state index < -0.39 is 10.0 Å². The van der Waals surface area contributed by atoms with Gasteiger partial charge < -0.3 is 4.90 Å². The number of H-pyrrole nitrogens is 1. The van der Waals surface area contributed by atoms with Crippen molar-refractivity contribution in [2.45, 2.75) is 38.6 Å². The first kappa shape index (κ1) is 23.3. The highest BCUT2D eigenvalue weighted by Crippen LogP contribution is 2.31. The third kappa shape index (κ3) is 4.38. The SMILES string of the molecule is CCN(CC)S(=O)(=O)c1ccc2c(c1)CCN2C(=O)Cn1c(-c2cccc(C)c2)n[nH]c1=S. The molecule has 0 saturated carbocycles. The van der Waals surface area contributed by atoms with Crippen LogP contribution in [-0.4, -0.2) is 53.0 Å². The lowest BCUT2D eigenvalue weighted by Gasteiger charge is -2.20.